The van der Waals surface area contributed by atoms with Gasteiger partial charge in [-0.15, -0.1) is 15.3 Å². The van der Waals surface area contributed by atoms with Crippen LogP contribution in [0.3, 0.4) is 0 Å². The number of hydrogen-bond donors (Lipinski definition) is 1. The van der Waals surface area contributed by atoms with E-state index in [1.54, 1.807) is 0 Å². The summed E-state index contributed by atoms with van der Waals surface area (Å²) in [6.45, 7) is 2.23. The lowest BCUT2D eigenvalue weighted by Crippen LogP contribution is -2.02. The van der Waals surface area contributed by atoms with Crippen molar-refractivity contribution in [1.29, 1.82) is 0 Å². The van der Waals surface area contributed by atoms with Crippen LogP contribution < -0.4 is 5.32 Å². The molecule has 5 nitrogen and oxygen atoms in total. The van der Waals surface area contributed by atoms with Crippen molar-refractivity contribution in [2.45, 2.75) is 19.3 Å². The first kappa shape index (κ1) is 11.4. The van der Waals surface area contributed by atoms with E-state index in [1.807, 2.05) is 47.0 Å². The maximum Gasteiger partial charge on any atom is 0.178 e. The summed E-state index contributed by atoms with van der Waals surface area (Å²) in [5.74, 6) is 2.97. The van der Waals surface area contributed by atoms with Crippen molar-refractivity contribution in [3.8, 4) is 0 Å². The number of rotatable bonds is 3. The number of fused-ring (bicyclic) bond motifs is 1. The second kappa shape index (κ2) is 4.30. The molecule has 1 N–H and O–H groups in total. The highest BCUT2D eigenvalue weighted by molar-refractivity contribution is 5.56. The average Bonchev–Trinajstić information content (AvgIpc) is 3.05. The molecule has 4 rings (SSSR count). The van der Waals surface area contributed by atoms with Gasteiger partial charge in [0.15, 0.2) is 17.3 Å². The van der Waals surface area contributed by atoms with Crippen LogP contribution in [0.5, 0.6) is 0 Å². The molecule has 0 saturated heterocycles. The van der Waals surface area contributed by atoms with Crippen molar-refractivity contribution < 1.29 is 0 Å². The largest absolute Gasteiger partial charge is 0.339 e. The van der Waals surface area contributed by atoms with Gasteiger partial charge in [0.05, 0.1) is 0 Å². The molecule has 0 spiro atoms. The highest BCUT2D eigenvalue weighted by Crippen LogP contribution is 2.45. The molecule has 5 heteroatoms. The Balaban J connectivity index is 1.71. The SMILES string of the molecule is CC1CC1c1nnc2ccc(Nc3ccccc3)nn12. The first-order valence-electron chi connectivity index (χ1n) is 6.86. The Hall–Kier alpha value is -2.43. The number of benzene rings is 1. The van der Waals surface area contributed by atoms with Crippen LogP contribution in [0.2, 0.25) is 0 Å². The van der Waals surface area contributed by atoms with Gasteiger partial charge in [-0.05, 0) is 36.6 Å². The fraction of sp³-hybridized carbons (Fsp3) is 0.267. The van der Waals surface area contributed by atoms with E-state index in [1.165, 1.54) is 6.42 Å². The van der Waals surface area contributed by atoms with E-state index in [0.717, 1.165) is 23.0 Å². The fourth-order valence-corrected chi connectivity index (χ4v) is 2.45. The van der Waals surface area contributed by atoms with E-state index in [9.17, 15) is 0 Å². The van der Waals surface area contributed by atoms with Gasteiger partial charge in [-0.2, -0.15) is 4.52 Å². The monoisotopic (exact) mass is 265 g/mol. The zero-order chi connectivity index (χ0) is 13.5. The minimum atomic E-state index is 0.504. The molecule has 0 amide bonds. The Morgan fingerprint density at radius 2 is 1.90 bits per heavy atom. The molecule has 1 aliphatic carbocycles. The summed E-state index contributed by atoms with van der Waals surface area (Å²) in [7, 11) is 0. The van der Waals surface area contributed by atoms with Crippen LogP contribution >= 0.6 is 0 Å². The van der Waals surface area contributed by atoms with E-state index >= 15 is 0 Å². The maximum absolute atomic E-state index is 4.61. The highest BCUT2D eigenvalue weighted by Gasteiger charge is 2.38. The number of nitrogens with one attached hydrogen (secondary N) is 1. The van der Waals surface area contributed by atoms with E-state index in [0.29, 0.717) is 11.8 Å². The summed E-state index contributed by atoms with van der Waals surface area (Å²) in [6, 6.07) is 13.9. The van der Waals surface area contributed by atoms with Crippen LogP contribution in [-0.4, -0.2) is 19.8 Å². The van der Waals surface area contributed by atoms with Gasteiger partial charge in [0.2, 0.25) is 0 Å². The van der Waals surface area contributed by atoms with E-state index < -0.39 is 0 Å². The van der Waals surface area contributed by atoms with Crippen LogP contribution in [0.1, 0.15) is 25.1 Å². The minimum Gasteiger partial charge on any atom is -0.339 e. The molecular weight excluding hydrogens is 250 g/mol. The predicted octanol–water partition coefficient (Wildman–Crippen LogP) is 2.99. The van der Waals surface area contributed by atoms with Gasteiger partial charge in [-0.1, -0.05) is 25.1 Å². The van der Waals surface area contributed by atoms with E-state index in [-0.39, 0.29) is 0 Å². The third-order valence-corrected chi connectivity index (χ3v) is 3.77. The minimum absolute atomic E-state index is 0.504. The molecule has 3 aromatic rings. The molecule has 2 aromatic heterocycles. The molecule has 2 atom stereocenters. The summed E-state index contributed by atoms with van der Waals surface area (Å²) in [5.41, 5.74) is 1.83. The van der Waals surface area contributed by atoms with Crippen LogP contribution in [0.15, 0.2) is 42.5 Å². The molecule has 1 aliphatic rings. The maximum atomic E-state index is 4.61. The normalized spacial score (nSPS) is 21.1. The van der Waals surface area contributed by atoms with Crippen molar-refractivity contribution >= 4 is 17.2 Å². The standard InChI is InChI=1S/C15H15N5/c1-10-9-12(10)15-18-17-14-8-7-13(19-20(14)15)16-11-5-3-2-4-6-11/h2-8,10,12H,9H2,1H3,(H,16,19). The van der Waals surface area contributed by atoms with Gasteiger partial charge >= 0.3 is 0 Å². The van der Waals surface area contributed by atoms with Gasteiger partial charge in [-0.3, -0.25) is 0 Å². The highest BCUT2D eigenvalue weighted by atomic mass is 15.4. The third kappa shape index (κ3) is 1.91. The smallest absolute Gasteiger partial charge is 0.178 e. The Bertz CT molecular complexity index is 749. The first-order valence-corrected chi connectivity index (χ1v) is 6.86. The molecule has 0 radical (unpaired) electrons. The number of para-hydroxylation sites is 1. The van der Waals surface area contributed by atoms with Crippen LogP contribution in [0.4, 0.5) is 11.5 Å². The zero-order valence-corrected chi connectivity index (χ0v) is 11.2. The molecule has 0 aliphatic heterocycles. The number of anilines is 2. The lowest BCUT2D eigenvalue weighted by Gasteiger charge is -2.05. The number of aromatic nitrogens is 4. The molecule has 1 aromatic carbocycles. The molecule has 2 heterocycles. The third-order valence-electron chi connectivity index (χ3n) is 3.77. The zero-order valence-electron chi connectivity index (χ0n) is 11.2. The topological polar surface area (TPSA) is 55.1 Å². The van der Waals surface area contributed by atoms with E-state index in [2.05, 4.69) is 27.5 Å². The molecular formula is C15H15N5. The number of hydrogen-bond acceptors (Lipinski definition) is 4. The van der Waals surface area contributed by atoms with E-state index in [4.69, 9.17) is 0 Å². The van der Waals surface area contributed by atoms with Crippen molar-refractivity contribution in [3.05, 3.63) is 48.3 Å². The summed E-state index contributed by atoms with van der Waals surface area (Å²) >= 11 is 0. The van der Waals surface area contributed by atoms with Gasteiger partial charge in [0.25, 0.3) is 0 Å². The lowest BCUT2D eigenvalue weighted by molar-refractivity contribution is 0.779. The van der Waals surface area contributed by atoms with Crippen LogP contribution in [0, 0.1) is 5.92 Å². The Morgan fingerprint density at radius 1 is 1.10 bits per heavy atom. The Labute approximate surface area is 116 Å². The van der Waals surface area contributed by atoms with Crippen molar-refractivity contribution in [2.24, 2.45) is 5.92 Å². The first-order chi connectivity index (χ1) is 9.81. The van der Waals surface area contributed by atoms with Crippen molar-refractivity contribution in [3.63, 3.8) is 0 Å². The molecule has 1 fully saturated rings. The molecule has 100 valence electrons. The summed E-state index contributed by atoms with van der Waals surface area (Å²) in [6.07, 6.45) is 1.18. The quantitative estimate of drug-likeness (QED) is 0.791. The second-order valence-electron chi connectivity index (χ2n) is 5.36. The van der Waals surface area contributed by atoms with Crippen LogP contribution in [-0.2, 0) is 0 Å². The van der Waals surface area contributed by atoms with Crippen LogP contribution in [0.25, 0.3) is 5.65 Å². The Morgan fingerprint density at radius 3 is 2.65 bits per heavy atom. The second-order valence-corrected chi connectivity index (χ2v) is 5.36. The summed E-state index contributed by atoms with van der Waals surface area (Å²) < 4.78 is 1.86. The number of nitrogens with zero attached hydrogens (tertiary/aromatic N) is 4. The summed E-state index contributed by atoms with van der Waals surface area (Å²) in [5, 5.41) is 16.4. The predicted molar refractivity (Wildman–Crippen MR) is 77.0 cm³/mol. The van der Waals surface area contributed by atoms with Gasteiger partial charge in [-0.25, -0.2) is 0 Å². The van der Waals surface area contributed by atoms with Crippen molar-refractivity contribution in [2.75, 3.05) is 5.32 Å². The van der Waals surface area contributed by atoms with Crippen molar-refractivity contribution in [1.82, 2.24) is 19.8 Å². The van der Waals surface area contributed by atoms with Gasteiger partial charge in [0.1, 0.15) is 0 Å². The molecule has 2 unspecified atom stereocenters. The fourth-order valence-electron chi connectivity index (χ4n) is 2.45. The van der Waals surface area contributed by atoms with Gasteiger partial charge < -0.3 is 5.32 Å². The molecule has 20 heavy (non-hydrogen) atoms. The lowest BCUT2D eigenvalue weighted by atomic mass is 10.3. The summed E-state index contributed by atoms with van der Waals surface area (Å²) in [4.78, 5) is 0. The average molecular weight is 265 g/mol. The molecule has 0 bridgehead atoms. The van der Waals surface area contributed by atoms with Gasteiger partial charge in [0, 0.05) is 11.6 Å². The Kier molecular flexibility index (Phi) is 2.45. The molecule has 1 saturated carbocycles.